The highest BCUT2D eigenvalue weighted by Crippen LogP contribution is 2.55. The molecule has 3 N–H and O–H groups in total. The predicted molar refractivity (Wildman–Crippen MR) is 125 cm³/mol. The third-order valence-electron chi connectivity index (χ3n) is 8.14. The maximum atomic E-state index is 12.8. The van der Waals surface area contributed by atoms with E-state index < -0.39 is 6.10 Å². The van der Waals surface area contributed by atoms with Crippen LogP contribution < -0.4 is 10.6 Å². The molecular formula is C26H37N3O4. The van der Waals surface area contributed by atoms with Crippen molar-refractivity contribution in [3.63, 3.8) is 0 Å². The zero-order valence-corrected chi connectivity index (χ0v) is 20.1. The molecule has 7 atom stereocenters. The summed E-state index contributed by atoms with van der Waals surface area (Å²) in [6, 6.07) is 8.63. The lowest BCUT2D eigenvalue weighted by molar-refractivity contribution is -0.142. The van der Waals surface area contributed by atoms with Crippen LogP contribution in [0.5, 0.6) is 0 Å². The summed E-state index contributed by atoms with van der Waals surface area (Å²) in [6.07, 6.45) is 2.98. The molecule has 3 rings (SSSR count). The molecule has 1 aromatic carbocycles. The van der Waals surface area contributed by atoms with E-state index in [4.69, 9.17) is 10.00 Å². The zero-order chi connectivity index (χ0) is 24.2. The average Bonchev–Trinajstić information content (AvgIpc) is 2.80. The van der Waals surface area contributed by atoms with Crippen LogP contribution in [0.3, 0.4) is 0 Å². The third kappa shape index (κ3) is 5.39. The van der Waals surface area contributed by atoms with Gasteiger partial charge in [0.1, 0.15) is 0 Å². The Balaban J connectivity index is 1.69. The summed E-state index contributed by atoms with van der Waals surface area (Å²) in [5, 5.41) is 26.5. The fourth-order valence-electron chi connectivity index (χ4n) is 6.08. The Bertz CT molecular complexity index is 881. The van der Waals surface area contributed by atoms with E-state index in [2.05, 4.69) is 30.6 Å². The van der Waals surface area contributed by atoms with Gasteiger partial charge >= 0.3 is 0 Å². The van der Waals surface area contributed by atoms with Crippen LogP contribution in [0.4, 0.5) is 0 Å². The van der Waals surface area contributed by atoms with Crippen LogP contribution >= 0.6 is 0 Å². The average molecular weight is 456 g/mol. The van der Waals surface area contributed by atoms with Crippen molar-refractivity contribution in [2.24, 2.45) is 29.1 Å². The van der Waals surface area contributed by atoms with Crippen molar-refractivity contribution in [1.82, 2.24) is 10.6 Å². The minimum absolute atomic E-state index is 0.00273. The monoisotopic (exact) mass is 455 g/mol. The first-order valence-electron chi connectivity index (χ1n) is 12.0. The molecule has 2 aliphatic carbocycles. The van der Waals surface area contributed by atoms with Gasteiger partial charge in [0, 0.05) is 31.2 Å². The minimum atomic E-state index is -0.600. The lowest BCUT2D eigenvalue weighted by Gasteiger charge is -2.56. The van der Waals surface area contributed by atoms with Gasteiger partial charge in [0.15, 0.2) is 0 Å². The van der Waals surface area contributed by atoms with Crippen molar-refractivity contribution >= 4 is 11.8 Å². The van der Waals surface area contributed by atoms with Crippen LogP contribution in [0.2, 0.25) is 0 Å². The minimum Gasteiger partial charge on any atom is -0.392 e. The maximum absolute atomic E-state index is 12.8. The summed E-state index contributed by atoms with van der Waals surface area (Å²) in [5.74, 6) is -0.525. The van der Waals surface area contributed by atoms with E-state index in [9.17, 15) is 14.7 Å². The largest absolute Gasteiger partial charge is 0.392 e. The van der Waals surface area contributed by atoms with Crippen LogP contribution in [0.1, 0.15) is 62.4 Å². The molecule has 0 aliphatic heterocycles. The molecule has 0 spiro atoms. The molecule has 2 aliphatic rings. The van der Waals surface area contributed by atoms with Crippen molar-refractivity contribution < 1.29 is 19.4 Å². The number of hydrogen-bond donors (Lipinski definition) is 3. The molecule has 1 aromatic rings. The normalized spacial score (nSPS) is 32.2. The molecule has 7 heteroatoms. The van der Waals surface area contributed by atoms with E-state index >= 15 is 0 Å². The van der Waals surface area contributed by atoms with Gasteiger partial charge in [-0.3, -0.25) is 9.59 Å². The fourth-order valence-corrected chi connectivity index (χ4v) is 6.08. The number of fused-ring (bicyclic) bond motifs is 1. The highest BCUT2D eigenvalue weighted by molar-refractivity contribution is 5.94. The summed E-state index contributed by atoms with van der Waals surface area (Å²) in [7, 11) is 1.60. The standard InChI is InChI=1S/C26H37N3O4/c1-16(24(31)28-13-14-33-4)20-9-11-26(3)12-10-21(17(2)22(26)23(20)30)29-25(32)19-7-5-18(15-27)6-8-19/h5-8,16-17,20-23,30H,9-14H2,1-4H3,(H,28,31)(H,29,32)/t16-,17-,20-,21-,22+,23-,26+/m0/s1. The molecule has 180 valence electrons. The molecule has 2 fully saturated rings. The number of carbonyl (C=O) groups is 2. The first-order chi connectivity index (χ1) is 15.7. The highest BCUT2D eigenvalue weighted by atomic mass is 16.5. The van der Waals surface area contributed by atoms with E-state index in [1.54, 1.807) is 31.4 Å². The van der Waals surface area contributed by atoms with Gasteiger partial charge in [-0.1, -0.05) is 20.8 Å². The Morgan fingerprint density at radius 1 is 1.27 bits per heavy atom. The molecule has 0 saturated heterocycles. The van der Waals surface area contributed by atoms with Gasteiger partial charge in [0.25, 0.3) is 5.91 Å². The molecule has 0 heterocycles. The number of amides is 2. The van der Waals surface area contributed by atoms with E-state index in [0.29, 0.717) is 24.3 Å². The molecule has 2 saturated carbocycles. The number of benzene rings is 1. The molecular weight excluding hydrogens is 418 g/mol. The molecule has 0 radical (unpaired) electrons. The lowest BCUT2D eigenvalue weighted by Crippen LogP contribution is -2.58. The van der Waals surface area contributed by atoms with Crippen LogP contribution in [0, 0.1) is 40.4 Å². The second kappa shape index (κ2) is 10.7. The van der Waals surface area contributed by atoms with Crippen molar-refractivity contribution in [3.05, 3.63) is 35.4 Å². The van der Waals surface area contributed by atoms with E-state index in [-0.39, 0.29) is 46.9 Å². The van der Waals surface area contributed by atoms with Gasteiger partial charge in [-0.25, -0.2) is 0 Å². The van der Waals surface area contributed by atoms with Crippen LogP contribution in [-0.2, 0) is 9.53 Å². The number of methoxy groups -OCH3 is 1. The van der Waals surface area contributed by atoms with Gasteiger partial charge in [-0.2, -0.15) is 5.26 Å². The first kappa shape index (κ1) is 25.2. The highest BCUT2D eigenvalue weighted by Gasteiger charge is 2.53. The number of hydrogen-bond acceptors (Lipinski definition) is 5. The smallest absolute Gasteiger partial charge is 0.251 e. The Kier molecular flexibility index (Phi) is 8.14. The van der Waals surface area contributed by atoms with Crippen LogP contribution in [-0.4, -0.2) is 49.3 Å². The third-order valence-corrected chi connectivity index (χ3v) is 8.14. The maximum Gasteiger partial charge on any atom is 0.251 e. The summed E-state index contributed by atoms with van der Waals surface area (Å²) >= 11 is 0. The second-order valence-corrected chi connectivity index (χ2v) is 10.1. The summed E-state index contributed by atoms with van der Waals surface area (Å²) in [6.45, 7) is 7.18. The van der Waals surface area contributed by atoms with Gasteiger partial charge in [0.2, 0.25) is 5.91 Å². The fraction of sp³-hybridized carbons (Fsp3) is 0.654. The van der Waals surface area contributed by atoms with Gasteiger partial charge < -0.3 is 20.5 Å². The Morgan fingerprint density at radius 2 is 1.94 bits per heavy atom. The van der Waals surface area contributed by atoms with Crippen molar-refractivity contribution in [1.29, 1.82) is 5.26 Å². The molecule has 7 nitrogen and oxygen atoms in total. The summed E-state index contributed by atoms with van der Waals surface area (Å²) in [5.41, 5.74) is 1.04. The number of rotatable bonds is 7. The molecule has 2 amide bonds. The summed E-state index contributed by atoms with van der Waals surface area (Å²) < 4.78 is 5.01. The van der Waals surface area contributed by atoms with Gasteiger partial charge in [-0.05, 0) is 73.1 Å². The van der Waals surface area contributed by atoms with Crippen LogP contribution in [0.15, 0.2) is 24.3 Å². The lowest BCUT2D eigenvalue weighted by atomic mass is 9.51. The Morgan fingerprint density at radius 3 is 2.58 bits per heavy atom. The Hall–Kier alpha value is -2.43. The molecule has 0 bridgehead atoms. The quantitative estimate of drug-likeness (QED) is 0.548. The number of nitriles is 1. The number of nitrogens with zero attached hydrogens (tertiary/aromatic N) is 1. The van der Waals surface area contributed by atoms with Crippen molar-refractivity contribution in [2.75, 3.05) is 20.3 Å². The number of ether oxygens (including phenoxy) is 1. The van der Waals surface area contributed by atoms with E-state index in [0.717, 1.165) is 25.7 Å². The number of aliphatic hydroxyl groups excluding tert-OH is 1. The van der Waals surface area contributed by atoms with Gasteiger partial charge in [0.05, 0.1) is 24.3 Å². The topological polar surface area (TPSA) is 111 Å². The number of carbonyl (C=O) groups excluding carboxylic acids is 2. The second-order valence-electron chi connectivity index (χ2n) is 10.1. The number of nitrogens with one attached hydrogen (secondary N) is 2. The Labute approximate surface area is 196 Å². The van der Waals surface area contributed by atoms with E-state index in [1.165, 1.54) is 0 Å². The van der Waals surface area contributed by atoms with E-state index in [1.807, 2.05) is 6.92 Å². The molecule has 0 unspecified atom stereocenters. The summed E-state index contributed by atoms with van der Waals surface area (Å²) in [4.78, 5) is 25.5. The SMILES string of the molecule is COCCNC(=O)[C@@H](C)[C@@H]1CC[C@]2(C)CC[C@H](NC(=O)c3ccc(C#N)cc3)[C@H](C)[C@@H]2[C@H]1O. The van der Waals surface area contributed by atoms with Crippen molar-refractivity contribution in [2.45, 2.75) is 58.6 Å². The van der Waals surface area contributed by atoms with Gasteiger partial charge in [-0.15, -0.1) is 0 Å². The predicted octanol–water partition coefficient (Wildman–Crippen LogP) is 2.88. The molecule has 0 aromatic heterocycles. The van der Waals surface area contributed by atoms with Crippen molar-refractivity contribution in [3.8, 4) is 6.07 Å². The molecule has 33 heavy (non-hydrogen) atoms. The zero-order valence-electron chi connectivity index (χ0n) is 20.1. The first-order valence-corrected chi connectivity index (χ1v) is 12.0. The number of aliphatic hydroxyl groups is 1. The van der Waals surface area contributed by atoms with Crippen LogP contribution in [0.25, 0.3) is 0 Å².